The van der Waals surface area contributed by atoms with Crippen LogP contribution in [-0.4, -0.2) is 37.5 Å². The lowest BCUT2D eigenvalue weighted by molar-refractivity contribution is 0.257. The number of aliphatic hydroxyl groups is 1. The number of nitrogens with zero attached hydrogens (tertiary/aromatic N) is 1. The van der Waals surface area contributed by atoms with Gasteiger partial charge in [-0.1, -0.05) is 13.0 Å². The van der Waals surface area contributed by atoms with Crippen LogP contribution in [0.1, 0.15) is 12.5 Å². The molecule has 0 fully saturated rings. The lowest BCUT2D eigenvalue weighted by Crippen LogP contribution is -2.33. The Morgan fingerprint density at radius 2 is 2.06 bits per heavy atom. The standard InChI is InChI=1S/C11H16FNO3S/c1-3-13(6-7-14)17(15,16)11-8-10(12)5-4-9(11)2/h4-5,8,14H,3,6-7H2,1-2H3. The molecule has 0 aromatic heterocycles. The van der Waals surface area contributed by atoms with Gasteiger partial charge in [0.25, 0.3) is 0 Å². The van der Waals surface area contributed by atoms with Crippen LogP contribution in [0.5, 0.6) is 0 Å². The highest BCUT2D eigenvalue weighted by Gasteiger charge is 2.24. The van der Waals surface area contributed by atoms with Gasteiger partial charge in [-0.15, -0.1) is 0 Å². The van der Waals surface area contributed by atoms with Gasteiger partial charge >= 0.3 is 0 Å². The van der Waals surface area contributed by atoms with Crippen LogP contribution >= 0.6 is 0 Å². The molecule has 1 aromatic carbocycles. The molecule has 0 heterocycles. The highest BCUT2D eigenvalue weighted by molar-refractivity contribution is 7.89. The zero-order valence-electron chi connectivity index (χ0n) is 9.85. The molecule has 0 saturated carbocycles. The van der Waals surface area contributed by atoms with E-state index in [0.29, 0.717) is 5.56 Å². The summed E-state index contributed by atoms with van der Waals surface area (Å²) in [6.45, 7) is 3.26. The molecule has 0 aliphatic carbocycles. The van der Waals surface area contributed by atoms with Gasteiger partial charge in [0, 0.05) is 13.1 Å². The number of benzene rings is 1. The number of likely N-dealkylation sites (N-methyl/N-ethyl adjacent to an activating group) is 1. The van der Waals surface area contributed by atoms with E-state index in [4.69, 9.17) is 5.11 Å². The van der Waals surface area contributed by atoms with Crippen molar-refractivity contribution in [1.82, 2.24) is 4.31 Å². The van der Waals surface area contributed by atoms with Crippen molar-refractivity contribution in [3.63, 3.8) is 0 Å². The number of hydrogen-bond acceptors (Lipinski definition) is 3. The van der Waals surface area contributed by atoms with Crippen molar-refractivity contribution in [2.45, 2.75) is 18.7 Å². The number of halogens is 1. The fourth-order valence-corrected chi connectivity index (χ4v) is 3.23. The summed E-state index contributed by atoms with van der Waals surface area (Å²) in [6, 6.07) is 3.65. The molecule has 6 heteroatoms. The topological polar surface area (TPSA) is 57.6 Å². The van der Waals surface area contributed by atoms with Crippen LogP contribution in [0, 0.1) is 12.7 Å². The number of sulfonamides is 1. The van der Waals surface area contributed by atoms with Crippen molar-refractivity contribution in [1.29, 1.82) is 0 Å². The summed E-state index contributed by atoms with van der Waals surface area (Å²) in [4.78, 5) is -0.0483. The summed E-state index contributed by atoms with van der Waals surface area (Å²) < 4.78 is 38.6. The van der Waals surface area contributed by atoms with Crippen molar-refractivity contribution in [3.8, 4) is 0 Å². The van der Waals surface area contributed by atoms with Crippen molar-refractivity contribution in [2.24, 2.45) is 0 Å². The third kappa shape index (κ3) is 3.02. The Morgan fingerprint density at radius 1 is 1.41 bits per heavy atom. The zero-order chi connectivity index (χ0) is 13.1. The van der Waals surface area contributed by atoms with Crippen molar-refractivity contribution >= 4 is 10.0 Å². The van der Waals surface area contributed by atoms with Crippen LogP contribution in [0.25, 0.3) is 0 Å². The number of aryl methyl sites for hydroxylation is 1. The predicted molar refractivity (Wildman–Crippen MR) is 62.7 cm³/mol. The van der Waals surface area contributed by atoms with E-state index in [1.54, 1.807) is 13.8 Å². The fraction of sp³-hybridized carbons (Fsp3) is 0.455. The minimum atomic E-state index is -3.73. The molecule has 0 amide bonds. The van der Waals surface area contributed by atoms with Crippen molar-refractivity contribution < 1.29 is 17.9 Å². The van der Waals surface area contributed by atoms with Gasteiger partial charge < -0.3 is 5.11 Å². The van der Waals surface area contributed by atoms with E-state index in [-0.39, 0.29) is 24.6 Å². The maximum absolute atomic E-state index is 13.1. The smallest absolute Gasteiger partial charge is 0.243 e. The summed E-state index contributed by atoms with van der Waals surface area (Å²) in [5.41, 5.74) is 0.489. The normalized spacial score (nSPS) is 12.1. The van der Waals surface area contributed by atoms with E-state index >= 15 is 0 Å². The maximum Gasteiger partial charge on any atom is 0.243 e. The van der Waals surface area contributed by atoms with Gasteiger partial charge in [-0.25, -0.2) is 12.8 Å². The molecular formula is C11H16FNO3S. The second kappa shape index (κ2) is 5.57. The van der Waals surface area contributed by atoms with Gasteiger partial charge in [-0.05, 0) is 24.6 Å². The molecule has 4 nitrogen and oxygen atoms in total. The molecule has 96 valence electrons. The third-order valence-corrected chi connectivity index (χ3v) is 4.59. The van der Waals surface area contributed by atoms with Gasteiger partial charge in [-0.2, -0.15) is 4.31 Å². The predicted octanol–water partition coefficient (Wildman–Crippen LogP) is 1.14. The first-order valence-electron chi connectivity index (χ1n) is 5.30. The van der Waals surface area contributed by atoms with Crippen molar-refractivity contribution in [2.75, 3.05) is 19.7 Å². The van der Waals surface area contributed by atoms with Crippen molar-refractivity contribution in [3.05, 3.63) is 29.6 Å². The largest absolute Gasteiger partial charge is 0.395 e. The Balaban J connectivity index is 3.24. The highest BCUT2D eigenvalue weighted by atomic mass is 32.2. The summed E-state index contributed by atoms with van der Waals surface area (Å²) in [7, 11) is -3.73. The SMILES string of the molecule is CCN(CCO)S(=O)(=O)c1cc(F)ccc1C. The van der Waals surface area contributed by atoms with Crippen LogP contribution in [0.2, 0.25) is 0 Å². The first kappa shape index (κ1) is 14.1. The van der Waals surface area contributed by atoms with E-state index in [1.807, 2.05) is 0 Å². The summed E-state index contributed by atoms with van der Waals surface area (Å²) in [5.74, 6) is -0.589. The molecule has 0 radical (unpaired) electrons. The summed E-state index contributed by atoms with van der Waals surface area (Å²) >= 11 is 0. The van der Waals surface area contributed by atoms with Gasteiger partial charge in [0.05, 0.1) is 11.5 Å². The fourth-order valence-electron chi connectivity index (χ4n) is 1.55. The van der Waals surface area contributed by atoms with Gasteiger partial charge in [0.2, 0.25) is 10.0 Å². The van der Waals surface area contributed by atoms with Gasteiger partial charge in [0.1, 0.15) is 5.82 Å². The van der Waals surface area contributed by atoms with E-state index < -0.39 is 15.8 Å². The summed E-state index contributed by atoms with van der Waals surface area (Å²) in [6.07, 6.45) is 0. The zero-order valence-corrected chi connectivity index (χ0v) is 10.7. The van der Waals surface area contributed by atoms with Gasteiger partial charge in [-0.3, -0.25) is 0 Å². The van der Waals surface area contributed by atoms with Crippen LogP contribution in [0.3, 0.4) is 0 Å². The average molecular weight is 261 g/mol. The average Bonchev–Trinajstić information content (AvgIpc) is 2.28. The molecule has 1 rings (SSSR count). The first-order valence-corrected chi connectivity index (χ1v) is 6.74. The van der Waals surface area contributed by atoms with E-state index in [1.165, 1.54) is 12.1 Å². The van der Waals surface area contributed by atoms with Crippen LogP contribution in [0.4, 0.5) is 4.39 Å². The summed E-state index contributed by atoms with van der Waals surface area (Å²) in [5, 5.41) is 8.82. The third-order valence-electron chi connectivity index (χ3n) is 2.47. The maximum atomic E-state index is 13.1. The van der Waals surface area contributed by atoms with E-state index in [9.17, 15) is 12.8 Å². The lowest BCUT2D eigenvalue weighted by atomic mass is 10.2. The van der Waals surface area contributed by atoms with Crippen LogP contribution in [-0.2, 0) is 10.0 Å². The molecule has 0 bridgehead atoms. The second-order valence-electron chi connectivity index (χ2n) is 3.63. The first-order chi connectivity index (χ1) is 7.93. The monoisotopic (exact) mass is 261 g/mol. The molecule has 0 aliphatic rings. The number of rotatable bonds is 5. The molecule has 0 aliphatic heterocycles. The van der Waals surface area contributed by atoms with E-state index in [2.05, 4.69) is 0 Å². The minimum absolute atomic E-state index is 0.00872. The molecule has 1 aromatic rings. The molecule has 17 heavy (non-hydrogen) atoms. The Labute approximate surface area is 101 Å². The number of hydrogen-bond donors (Lipinski definition) is 1. The Kier molecular flexibility index (Phi) is 4.62. The second-order valence-corrected chi connectivity index (χ2v) is 5.54. The Morgan fingerprint density at radius 3 is 2.59 bits per heavy atom. The van der Waals surface area contributed by atoms with Gasteiger partial charge in [0.15, 0.2) is 0 Å². The quantitative estimate of drug-likeness (QED) is 0.864. The molecular weight excluding hydrogens is 245 g/mol. The van der Waals surface area contributed by atoms with Crippen LogP contribution in [0.15, 0.2) is 23.1 Å². The highest BCUT2D eigenvalue weighted by Crippen LogP contribution is 2.20. The van der Waals surface area contributed by atoms with Crippen LogP contribution < -0.4 is 0 Å². The Bertz CT molecular complexity index is 487. The molecule has 0 saturated heterocycles. The number of aliphatic hydroxyl groups excluding tert-OH is 1. The van der Waals surface area contributed by atoms with E-state index in [0.717, 1.165) is 10.4 Å². The Hall–Kier alpha value is -0.980. The lowest BCUT2D eigenvalue weighted by Gasteiger charge is -2.20. The molecule has 0 atom stereocenters. The molecule has 1 N–H and O–H groups in total. The minimum Gasteiger partial charge on any atom is -0.395 e. The molecule has 0 spiro atoms. The molecule has 0 unspecified atom stereocenters.